The van der Waals surface area contributed by atoms with Gasteiger partial charge in [0.05, 0.1) is 139 Å². The van der Waals surface area contributed by atoms with Crippen molar-refractivity contribution in [2.45, 2.75) is 58.3 Å². The molecule has 0 saturated heterocycles. The summed E-state index contributed by atoms with van der Waals surface area (Å²) in [5, 5.41) is 0. The van der Waals surface area contributed by atoms with E-state index in [1.165, 1.54) is 62.7 Å². The zero-order chi connectivity index (χ0) is 39.1. The average molecular weight is 784 g/mol. The number of carbonyl (C=O) groups is 2. The van der Waals surface area contributed by atoms with Crippen molar-refractivity contribution in [2.24, 2.45) is 0 Å². The lowest BCUT2D eigenvalue weighted by molar-refractivity contribution is -0.137. The normalized spacial score (nSPS) is 12.8. The molecule has 14 nitrogen and oxygen atoms in total. The lowest BCUT2D eigenvalue weighted by atomic mass is 10.0. The van der Waals surface area contributed by atoms with Crippen LogP contribution in [0.5, 0.6) is 5.75 Å². The molecule has 316 valence electrons. The third-order valence-corrected chi connectivity index (χ3v) is 8.20. The molecule has 0 fully saturated rings. The fraction of sp³-hybridized carbons (Fsp3) is 0.756. The Morgan fingerprint density at radius 2 is 0.727 bits per heavy atom. The van der Waals surface area contributed by atoms with Crippen LogP contribution in [0.15, 0.2) is 36.4 Å². The van der Waals surface area contributed by atoms with E-state index in [0.29, 0.717) is 132 Å². The third-order valence-electron chi connectivity index (χ3n) is 8.20. The summed E-state index contributed by atoms with van der Waals surface area (Å²) < 4.78 is 60.7. The van der Waals surface area contributed by atoms with Crippen molar-refractivity contribution in [3.63, 3.8) is 0 Å². The highest BCUT2D eigenvalue weighted by molar-refractivity contribution is 6.12. The van der Waals surface area contributed by atoms with E-state index >= 15 is 0 Å². The molecule has 2 amide bonds. The summed E-state index contributed by atoms with van der Waals surface area (Å²) in [5.41, 5.74) is 1.38. The second-order valence-electron chi connectivity index (χ2n) is 12.6. The highest BCUT2D eigenvalue weighted by atomic mass is 16.6. The summed E-state index contributed by atoms with van der Waals surface area (Å²) in [6, 6.07) is 8.43. The Balaban J connectivity index is 1.17. The van der Waals surface area contributed by atoms with E-state index in [1.807, 2.05) is 12.1 Å². The van der Waals surface area contributed by atoms with Crippen molar-refractivity contribution in [3.05, 3.63) is 42.0 Å². The quantitative estimate of drug-likeness (QED) is 0.0683. The number of hydrogen-bond acceptors (Lipinski definition) is 13. The first kappa shape index (κ1) is 48.6. The summed E-state index contributed by atoms with van der Waals surface area (Å²) >= 11 is 0. The maximum Gasteiger partial charge on any atom is 0.253 e. The van der Waals surface area contributed by atoms with Crippen LogP contribution in [0.2, 0.25) is 0 Å². The third kappa shape index (κ3) is 29.4. The van der Waals surface area contributed by atoms with E-state index in [9.17, 15) is 9.59 Å². The van der Waals surface area contributed by atoms with Gasteiger partial charge in [0, 0.05) is 12.2 Å². The molecule has 1 aliphatic heterocycles. The van der Waals surface area contributed by atoms with Crippen molar-refractivity contribution in [1.82, 2.24) is 4.90 Å². The predicted molar refractivity (Wildman–Crippen MR) is 208 cm³/mol. The summed E-state index contributed by atoms with van der Waals surface area (Å²) in [4.78, 5) is 24.0. The molecule has 14 heteroatoms. The number of benzene rings is 1. The number of aryl methyl sites for hydroxylation is 1. The van der Waals surface area contributed by atoms with E-state index in [4.69, 9.17) is 52.1 Å². The largest absolute Gasteiger partial charge is 0.491 e. The number of nitrogens with zero attached hydrogens (tertiary/aromatic N) is 1. The van der Waals surface area contributed by atoms with E-state index in [0.717, 1.165) is 17.1 Å². The van der Waals surface area contributed by atoms with Crippen LogP contribution < -0.4 is 4.74 Å². The molecule has 0 atom stereocenters. The van der Waals surface area contributed by atoms with Crippen molar-refractivity contribution in [1.29, 1.82) is 0 Å². The van der Waals surface area contributed by atoms with Crippen molar-refractivity contribution < 1.29 is 61.7 Å². The van der Waals surface area contributed by atoms with Gasteiger partial charge in [0.2, 0.25) is 0 Å². The van der Waals surface area contributed by atoms with Crippen molar-refractivity contribution in [3.8, 4) is 5.75 Å². The van der Waals surface area contributed by atoms with E-state index < -0.39 is 0 Å². The SMILES string of the molecule is CCCCCCCCCc1ccc(OCCOCCOCCOCCOCCOCCOCCOCCOCCOCCOCCN2C(=O)C=CC2=O)cc1. The molecule has 0 N–H and O–H groups in total. The van der Waals surface area contributed by atoms with Gasteiger partial charge >= 0.3 is 0 Å². The molecular weight excluding hydrogens is 714 g/mol. The van der Waals surface area contributed by atoms with E-state index in [1.54, 1.807) is 0 Å². The summed E-state index contributed by atoms with van der Waals surface area (Å²) in [6.07, 6.45) is 13.0. The van der Waals surface area contributed by atoms with Crippen LogP contribution in [-0.4, -0.2) is 162 Å². The van der Waals surface area contributed by atoms with Gasteiger partial charge in [-0.2, -0.15) is 0 Å². The maximum absolute atomic E-state index is 11.4. The van der Waals surface area contributed by atoms with Crippen LogP contribution >= 0.6 is 0 Å². The minimum Gasteiger partial charge on any atom is -0.491 e. The number of amides is 2. The molecule has 0 unspecified atom stereocenters. The van der Waals surface area contributed by atoms with Gasteiger partial charge in [-0.15, -0.1) is 0 Å². The molecule has 55 heavy (non-hydrogen) atoms. The van der Waals surface area contributed by atoms with Crippen LogP contribution in [0.4, 0.5) is 0 Å². The Hall–Kier alpha value is -2.50. The van der Waals surface area contributed by atoms with Gasteiger partial charge in [-0.3, -0.25) is 14.5 Å². The molecule has 1 aromatic carbocycles. The monoisotopic (exact) mass is 783 g/mol. The van der Waals surface area contributed by atoms with Crippen molar-refractivity contribution >= 4 is 11.8 Å². The lowest BCUT2D eigenvalue weighted by Gasteiger charge is -2.13. The number of carbonyl (C=O) groups excluding carboxylic acids is 2. The number of ether oxygens (including phenoxy) is 11. The molecule has 0 aromatic heterocycles. The van der Waals surface area contributed by atoms with Gasteiger partial charge in [-0.1, -0.05) is 57.6 Å². The fourth-order valence-electron chi connectivity index (χ4n) is 5.15. The molecule has 1 aliphatic rings. The smallest absolute Gasteiger partial charge is 0.253 e. The highest BCUT2D eigenvalue weighted by Gasteiger charge is 2.22. The molecular formula is C41H69NO13. The van der Waals surface area contributed by atoms with Crippen LogP contribution in [0.25, 0.3) is 0 Å². The summed E-state index contributed by atoms with van der Waals surface area (Å²) in [7, 11) is 0. The first-order chi connectivity index (χ1) is 27.2. The number of imide groups is 1. The Morgan fingerprint density at radius 1 is 0.400 bits per heavy atom. The van der Waals surface area contributed by atoms with Gasteiger partial charge < -0.3 is 52.1 Å². The lowest BCUT2D eigenvalue weighted by Crippen LogP contribution is -2.33. The summed E-state index contributed by atoms with van der Waals surface area (Å²) in [5.74, 6) is 0.270. The summed E-state index contributed by atoms with van der Waals surface area (Å²) in [6.45, 7) is 12.4. The maximum atomic E-state index is 11.4. The molecule has 0 spiro atoms. The van der Waals surface area contributed by atoms with Gasteiger partial charge in [0.15, 0.2) is 0 Å². The van der Waals surface area contributed by atoms with Gasteiger partial charge in [0.25, 0.3) is 11.8 Å². The molecule has 1 aromatic rings. The van der Waals surface area contributed by atoms with Crippen LogP contribution in [-0.2, 0) is 63.4 Å². The Kier molecular flexibility index (Phi) is 32.8. The topological polar surface area (TPSA) is 139 Å². The van der Waals surface area contributed by atoms with Crippen LogP contribution in [0.1, 0.15) is 57.4 Å². The van der Waals surface area contributed by atoms with Gasteiger partial charge in [-0.05, 0) is 30.5 Å². The molecule has 2 rings (SSSR count). The minimum absolute atomic E-state index is 0.240. The Labute approximate surface area is 329 Å². The van der Waals surface area contributed by atoms with Crippen LogP contribution in [0, 0.1) is 0 Å². The van der Waals surface area contributed by atoms with E-state index in [2.05, 4.69) is 19.1 Å². The number of rotatable bonds is 42. The molecule has 0 saturated carbocycles. The number of unbranched alkanes of at least 4 members (excludes halogenated alkanes) is 6. The molecule has 0 aliphatic carbocycles. The molecule has 1 heterocycles. The Bertz CT molecular complexity index is 1040. The average Bonchev–Trinajstić information content (AvgIpc) is 3.52. The van der Waals surface area contributed by atoms with Gasteiger partial charge in [0.1, 0.15) is 12.4 Å². The highest BCUT2D eigenvalue weighted by Crippen LogP contribution is 2.15. The fourth-order valence-corrected chi connectivity index (χ4v) is 5.15. The zero-order valence-corrected chi connectivity index (χ0v) is 33.4. The minimum atomic E-state index is -0.306. The van der Waals surface area contributed by atoms with Crippen LogP contribution in [0.3, 0.4) is 0 Å². The number of hydrogen-bond donors (Lipinski definition) is 0. The van der Waals surface area contributed by atoms with Gasteiger partial charge in [-0.25, -0.2) is 0 Å². The second-order valence-corrected chi connectivity index (χ2v) is 12.6. The van der Waals surface area contributed by atoms with E-state index in [-0.39, 0.29) is 25.0 Å². The molecule has 0 radical (unpaired) electrons. The standard InChI is InChI=1S/C41H69NO13/c1-2-3-4-5-6-7-8-9-38-10-12-39(13-11-38)55-37-36-54-35-34-53-33-32-52-31-30-51-29-28-50-27-26-49-25-24-48-23-22-47-21-20-46-19-18-45-17-16-42-40(43)14-15-41(42)44/h10-15H,2-9,16-37H2,1H3. The zero-order valence-electron chi connectivity index (χ0n) is 33.4. The second kappa shape index (κ2) is 37.1. The Morgan fingerprint density at radius 3 is 1.11 bits per heavy atom. The predicted octanol–water partition coefficient (Wildman–Crippen LogP) is 4.45. The first-order valence-electron chi connectivity index (χ1n) is 20.2. The first-order valence-corrected chi connectivity index (χ1v) is 20.2. The molecule has 0 bridgehead atoms. The van der Waals surface area contributed by atoms with Crippen molar-refractivity contribution in [2.75, 3.05) is 145 Å².